The summed E-state index contributed by atoms with van der Waals surface area (Å²) in [7, 11) is 0. The van der Waals surface area contributed by atoms with Gasteiger partial charge in [-0.2, -0.15) is 0 Å². The Morgan fingerprint density at radius 3 is 2.91 bits per heavy atom. The van der Waals surface area contributed by atoms with Gasteiger partial charge in [-0.05, 0) is 30.7 Å². The maximum Gasteiger partial charge on any atom is 0.0703 e. The molecule has 0 aliphatic rings. The number of pyridine rings is 2. The highest BCUT2D eigenvalue weighted by Gasteiger charge is 2.06. The molecule has 0 fully saturated rings. The minimum absolute atomic E-state index is 0.656. The van der Waals surface area contributed by atoms with Crippen LogP contribution in [0, 0.1) is 6.92 Å². The number of fused-ring (bicyclic) bond motifs is 1. The third kappa shape index (κ3) is 3.95. The molecule has 0 saturated carbocycles. The summed E-state index contributed by atoms with van der Waals surface area (Å²) in [6, 6.07) is 12.3. The lowest BCUT2D eigenvalue weighted by molar-refractivity contribution is 0.989. The van der Waals surface area contributed by atoms with Crippen molar-refractivity contribution in [3.05, 3.63) is 60.0 Å². The molecule has 0 atom stereocenters. The van der Waals surface area contributed by atoms with Gasteiger partial charge in [-0.1, -0.05) is 18.2 Å². The van der Waals surface area contributed by atoms with E-state index in [-0.39, 0.29) is 0 Å². The second-order valence-corrected chi connectivity index (χ2v) is 6.70. The zero-order valence-corrected chi connectivity index (χ0v) is 14.5. The molecular formula is C18H18ClN3S. The second-order valence-electron chi connectivity index (χ2n) is 5.19. The molecule has 0 saturated heterocycles. The Hall–Kier alpha value is -1.78. The van der Waals surface area contributed by atoms with Gasteiger partial charge in [0.25, 0.3) is 0 Å². The van der Waals surface area contributed by atoms with Gasteiger partial charge < -0.3 is 5.32 Å². The Balaban J connectivity index is 1.74. The number of nitrogens with one attached hydrogen (secondary N) is 1. The Kier molecular flexibility index (Phi) is 5.36. The lowest BCUT2D eigenvalue weighted by atomic mass is 10.2. The van der Waals surface area contributed by atoms with Gasteiger partial charge in [-0.25, -0.2) is 0 Å². The highest BCUT2D eigenvalue weighted by atomic mass is 35.5. The van der Waals surface area contributed by atoms with Gasteiger partial charge >= 0.3 is 0 Å². The van der Waals surface area contributed by atoms with E-state index >= 15 is 0 Å². The molecule has 0 radical (unpaired) electrons. The number of thioether (sulfide) groups is 1. The maximum absolute atomic E-state index is 5.78. The van der Waals surface area contributed by atoms with E-state index in [1.54, 1.807) is 11.8 Å². The van der Waals surface area contributed by atoms with Crippen LogP contribution in [0.15, 0.2) is 53.7 Å². The number of benzene rings is 1. The lowest BCUT2D eigenvalue weighted by Gasteiger charge is -2.11. The largest absolute Gasteiger partial charge is 0.378 e. The number of aromatic nitrogens is 2. The van der Waals surface area contributed by atoms with E-state index in [0.717, 1.165) is 28.0 Å². The third-order valence-corrected chi connectivity index (χ3v) is 5.22. The second kappa shape index (κ2) is 7.66. The third-order valence-electron chi connectivity index (χ3n) is 3.64. The molecule has 3 nitrogen and oxygen atoms in total. The van der Waals surface area contributed by atoms with Gasteiger partial charge in [0.05, 0.1) is 29.6 Å². The van der Waals surface area contributed by atoms with Crippen LogP contribution >= 0.6 is 23.4 Å². The highest BCUT2D eigenvalue weighted by molar-refractivity contribution is 7.99. The molecule has 0 bridgehead atoms. The van der Waals surface area contributed by atoms with E-state index < -0.39 is 0 Å². The summed E-state index contributed by atoms with van der Waals surface area (Å²) in [5.41, 5.74) is 4.28. The van der Waals surface area contributed by atoms with Gasteiger partial charge in [0.1, 0.15) is 0 Å². The van der Waals surface area contributed by atoms with E-state index in [1.807, 2.05) is 36.7 Å². The first-order valence-corrected chi connectivity index (χ1v) is 9.02. The summed E-state index contributed by atoms with van der Waals surface area (Å²) in [6.07, 6.45) is 3.73. The number of hydrogen-bond donors (Lipinski definition) is 1. The van der Waals surface area contributed by atoms with Crippen molar-refractivity contribution in [1.82, 2.24) is 9.97 Å². The molecule has 3 aromatic rings. The number of halogens is 1. The smallest absolute Gasteiger partial charge is 0.0703 e. The van der Waals surface area contributed by atoms with Crippen LogP contribution in [0.2, 0.25) is 0 Å². The summed E-state index contributed by atoms with van der Waals surface area (Å²) in [5, 5.41) is 4.55. The minimum Gasteiger partial charge on any atom is -0.378 e. The molecule has 118 valence electrons. The van der Waals surface area contributed by atoms with Gasteiger partial charge in [-0.3, -0.25) is 9.97 Å². The van der Waals surface area contributed by atoms with Crippen LogP contribution in [0.3, 0.4) is 0 Å². The molecule has 1 N–H and O–H groups in total. The Morgan fingerprint density at radius 1 is 1.17 bits per heavy atom. The highest BCUT2D eigenvalue weighted by Crippen LogP contribution is 2.24. The first-order chi connectivity index (χ1) is 11.3. The molecule has 3 rings (SSSR count). The monoisotopic (exact) mass is 343 g/mol. The number of anilines is 1. The van der Waals surface area contributed by atoms with Crippen LogP contribution in [0.25, 0.3) is 10.9 Å². The number of para-hydroxylation sites is 1. The fraction of sp³-hybridized carbons (Fsp3) is 0.222. The standard InChI is InChI=1S/C18H18ClN3S/c1-13-17(20-8-6-18(13)23-9-7-19)12-21-15-10-14-4-2-3-5-16(14)22-11-15/h2-6,8,10-11,21H,7,9,12H2,1H3. The number of rotatable bonds is 6. The first-order valence-electron chi connectivity index (χ1n) is 7.50. The molecular weight excluding hydrogens is 326 g/mol. The van der Waals surface area contributed by atoms with E-state index in [1.165, 1.54) is 10.5 Å². The zero-order valence-electron chi connectivity index (χ0n) is 12.9. The fourth-order valence-corrected chi connectivity index (χ4v) is 3.42. The Labute approximate surface area is 145 Å². The van der Waals surface area contributed by atoms with E-state index in [9.17, 15) is 0 Å². The number of hydrogen-bond acceptors (Lipinski definition) is 4. The molecule has 0 unspecified atom stereocenters. The average molecular weight is 344 g/mol. The molecule has 0 aliphatic heterocycles. The van der Waals surface area contributed by atoms with Crippen molar-refractivity contribution in [1.29, 1.82) is 0 Å². The predicted molar refractivity (Wildman–Crippen MR) is 99.5 cm³/mol. The average Bonchev–Trinajstić information content (AvgIpc) is 2.59. The van der Waals surface area contributed by atoms with Crippen LogP contribution in [-0.2, 0) is 6.54 Å². The molecule has 23 heavy (non-hydrogen) atoms. The molecule has 0 amide bonds. The Bertz CT molecular complexity index is 807. The molecule has 1 aromatic carbocycles. The summed E-state index contributed by atoms with van der Waals surface area (Å²) in [4.78, 5) is 10.2. The normalized spacial score (nSPS) is 10.9. The van der Waals surface area contributed by atoms with Crippen molar-refractivity contribution in [2.75, 3.05) is 16.9 Å². The van der Waals surface area contributed by atoms with Crippen LogP contribution in [0.1, 0.15) is 11.3 Å². The van der Waals surface area contributed by atoms with Gasteiger partial charge in [0.2, 0.25) is 0 Å². The number of nitrogens with zero attached hydrogens (tertiary/aromatic N) is 2. The van der Waals surface area contributed by atoms with Gasteiger partial charge in [-0.15, -0.1) is 23.4 Å². The van der Waals surface area contributed by atoms with Gasteiger partial charge in [0, 0.05) is 28.1 Å². The summed E-state index contributed by atoms with van der Waals surface area (Å²) in [6.45, 7) is 2.79. The van der Waals surface area contributed by atoms with Crippen molar-refractivity contribution in [3.8, 4) is 0 Å². The van der Waals surface area contributed by atoms with Gasteiger partial charge in [0.15, 0.2) is 0 Å². The van der Waals surface area contributed by atoms with Crippen LogP contribution in [-0.4, -0.2) is 21.6 Å². The van der Waals surface area contributed by atoms with Crippen molar-refractivity contribution >= 4 is 40.0 Å². The SMILES string of the molecule is Cc1c(SCCCl)ccnc1CNc1cnc2ccccc2c1. The Morgan fingerprint density at radius 2 is 2.04 bits per heavy atom. The first kappa shape index (κ1) is 16.1. The van der Waals surface area contributed by atoms with Crippen molar-refractivity contribution in [2.45, 2.75) is 18.4 Å². The summed E-state index contributed by atoms with van der Waals surface area (Å²) >= 11 is 7.55. The van der Waals surface area contributed by atoms with Crippen molar-refractivity contribution < 1.29 is 0 Å². The molecule has 2 heterocycles. The molecule has 0 aliphatic carbocycles. The number of alkyl halides is 1. The van der Waals surface area contributed by atoms with Crippen LogP contribution in [0.5, 0.6) is 0 Å². The van der Waals surface area contributed by atoms with Crippen molar-refractivity contribution in [3.63, 3.8) is 0 Å². The molecule has 2 aromatic heterocycles. The zero-order chi connectivity index (χ0) is 16.1. The predicted octanol–water partition coefficient (Wildman–Crippen LogP) is 4.88. The molecule has 0 spiro atoms. The summed E-state index contributed by atoms with van der Waals surface area (Å²) in [5.74, 6) is 1.57. The summed E-state index contributed by atoms with van der Waals surface area (Å²) < 4.78 is 0. The maximum atomic E-state index is 5.78. The van der Waals surface area contributed by atoms with Crippen LogP contribution < -0.4 is 5.32 Å². The molecule has 5 heteroatoms. The topological polar surface area (TPSA) is 37.8 Å². The minimum atomic E-state index is 0.656. The lowest BCUT2D eigenvalue weighted by Crippen LogP contribution is -2.05. The quantitative estimate of drug-likeness (QED) is 0.511. The van der Waals surface area contributed by atoms with Crippen molar-refractivity contribution in [2.24, 2.45) is 0 Å². The van der Waals surface area contributed by atoms with E-state index in [2.05, 4.69) is 34.3 Å². The van der Waals surface area contributed by atoms with E-state index in [4.69, 9.17) is 11.6 Å². The van der Waals surface area contributed by atoms with Crippen LogP contribution in [0.4, 0.5) is 5.69 Å². The fourth-order valence-electron chi connectivity index (χ4n) is 2.40. The van der Waals surface area contributed by atoms with E-state index in [0.29, 0.717) is 12.4 Å².